The van der Waals surface area contributed by atoms with Gasteiger partial charge in [-0.05, 0) is 43.5 Å². The summed E-state index contributed by atoms with van der Waals surface area (Å²) in [5, 5.41) is 8.50. The van der Waals surface area contributed by atoms with E-state index in [2.05, 4.69) is 15.2 Å². The Morgan fingerprint density at radius 3 is 2.77 bits per heavy atom. The van der Waals surface area contributed by atoms with Crippen molar-refractivity contribution in [1.29, 1.82) is 0 Å². The summed E-state index contributed by atoms with van der Waals surface area (Å²) in [5.41, 5.74) is 5.19. The zero-order valence-electron chi connectivity index (χ0n) is 16.7. The highest BCUT2D eigenvalue weighted by atomic mass is 19.1. The van der Waals surface area contributed by atoms with Gasteiger partial charge in [0.2, 0.25) is 0 Å². The number of halogens is 1. The molecule has 0 saturated carbocycles. The van der Waals surface area contributed by atoms with Crippen LogP contribution in [0, 0.1) is 12.7 Å². The van der Waals surface area contributed by atoms with Crippen LogP contribution >= 0.6 is 0 Å². The number of pyridine rings is 1. The molecular formula is C22H20FN5O2. The molecule has 152 valence electrons. The molecule has 2 aliphatic heterocycles. The number of rotatable bonds is 1. The maximum absolute atomic E-state index is 14.7. The van der Waals surface area contributed by atoms with E-state index in [4.69, 9.17) is 9.47 Å². The van der Waals surface area contributed by atoms with Crippen molar-refractivity contribution in [3.8, 4) is 22.8 Å². The zero-order valence-corrected chi connectivity index (χ0v) is 16.7. The Labute approximate surface area is 172 Å². The normalized spacial score (nSPS) is 17.5. The molecule has 0 fully saturated rings. The minimum absolute atomic E-state index is 0.00987. The Morgan fingerprint density at radius 2 is 1.97 bits per heavy atom. The molecule has 0 amide bonds. The van der Waals surface area contributed by atoms with Gasteiger partial charge in [0.05, 0.1) is 36.7 Å². The second kappa shape index (κ2) is 6.29. The summed E-state index contributed by atoms with van der Waals surface area (Å²) >= 11 is 0. The van der Waals surface area contributed by atoms with Crippen molar-refractivity contribution in [3.63, 3.8) is 0 Å². The molecule has 0 spiro atoms. The Kier molecular flexibility index (Phi) is 3.65. The molecule has 1 atom stereocenters. The Hall–Kier alpha value is -3.42. The maximum Gasteiger partial charge on any atom is 0.170 e. The molecule has 0 saturated heterocycles. The summed E-state index contributed by atoms with van der Waals surface area (Å²) in [4.78, 5) is 4.42. The molecule has 30 heavy (non-hydrogen) atoms. The number of fused-ring (bicyclic) bond motifs is 3. The van der Waals surface area contributed by atoms with E-state index in [1.54, 1.807) is 12.4 Å². The maximum atomic E-state index is 14.7. The number of aromatic nitrogens is 5. The van der Waals surface area contributed by atoms with E-state index in [1.165, 1.54) is 6.07 Å². The van der Waals surface area contributed by atoms with Crippen LogP contribution in [0.15, 0.2) is 30.7 Å². The van der Waals surface area contributed by atoms with Crippen LogP contribution in [0.25, 0.3) is 16.9 Å². The first kappa shape index (κ1) is 17.4. The second-order valence-corrected chi connectivity index (χ2v) is 7.90. The lowest BCUT2D eigenvalue weighted by Crippen LogP contribution is -2.13. The van der Waals surface area contributed by atoms with Crippen LogP contribution in [0.1, 0.15) is 28.6 Å². The van der Waals surface area contributed by atoms with Gasteiger partial charge in [-0.2, -0.15) is 0 Å². The Morgan fingerprint density at radius 1 is 1.13 bits per heavy atom. The summed E-state index contributed by atoms with van der Waals surface area (Å²) in [5.74, 6) is 2.27. The third-order valence-corrected chi connectivity index (χ3v) is 6.30. The number of ether oxygens (including phenoxy) is 2. The minimum Gasteiger partial charge on any atom is -0.493 e. The van der Waals surface area contributed by atoms with Crippen molar-refractivity contribution in [2.24, 2.45) is 7.05 Å². The predicted octanol–water partition coefficient (Wildman–Crippen LogP) is 3.23. The second-order valence-electron chi connectivity index (χ2n) is 7.90. The third-order valence-electron chi connectivity index (χ3n) is 6.30. The van der Waals surface area contributed by atoms with Gasteiger partial charge in [0.1, 0.15) is 29.5 Å². The molecule has 2 aliphatic rings. The summed E-state index contributed by atoms with van der Waals surface area (Å²) in [6, 6.07) is 5.23. The fourth-order valence-electron chi connectivity index (χ4n) is 4.61. The molecule has 0 bridgehead atoms. The van der Waals surface area contributed by atoms with Crippen LogP contribution in [0.2, 0.25) is 0 Å². The molecule has 0 unspecified atom stereocenters. The van der Waals surface area contributed by atoms with Gasteiger partial charge in [0, 0.05) is 18.2 Å². The van der Waals surface area contributed by atoms with Crippen LogP contribution < -0.4 is 9.47 Å². The lowest BCUT2D eigenvalue weighted by atomic mass is 9.93. The average Bonchev–Trinajstić information content (AvgIpc) is 3.46. The quantitative estimate of drug-likeness (QED) is 0.486. The fraction of sp³-hybridized carbons (Fsp3) is 0.318. The predicted molar refractivity (Wildman–Crippen MR) is 107 cm³/mol. The van der Waals surface area contributed by atoms with E-state index in [-0.39, 0.29) is 11.7 Å². The molecule has 7 nitrogen and oxygen atoms in total. The van der Waals surface area contributed by atoms with E-state index in [9.17, 15) is 4.39 Å². The topological polar surface area (TPSA) is 66.5 Å². The van der Waals surface area contributed by atoms with Crippen LogP contribution in [0.3, 0.4) is 0 Å². The third kappa shape index (κ3) is 2.39. The van der Waals surface area contributed by atoms with E-state index in [1.807, 2.05) is 35.2 Å². The minimum atomic E-state index is -0.185. The molecule has 6 rings (SSSR count). The van der Waals surface area contributed by atoms with Gasteiger partial charge in [-0.3, -0.25) is 4.40 Å². The molecule has 4 aromatic rings. The molecule has 8 heteroatoms. The van der Waals surface area contributed by atoms with E-state index < -0.39 is 0 Å². The standard InChI is InChI=1S/C22H20FN5O2/c1-12-24-8-18(27(12)2)15-7-20-17(28-11-25-26-22(15)28)5-3-14-16(23)4-6-19-21(14)13(9-29-19)10-30-20/h4,6-8,11,13H,3,5,9-10H2,1-2H3/t13-/m1/s1. The van der Waals surface area contributed by atoms with Crippen LogP contribution in [-0.2, 0) is 19.9 Å². The number of aryl methyl sites for hydroxylation is 2. The molecule has 0 aliphatic carbocycles. The highest BCUT2D eigenvalue weighted by molar-refractivity contribution is 5.77. The van der Waals surface area contributed by atoms with Crippen molar-refractivity contribution >= 4 is 5.65 Å². The molecule has 5 heterocycles. The lowest BCUT2D eigenvalue weighted by Gasteiger charge is -2.16. The van der Waals surface area contributed by atoms with Gasteiger partial charge in [-0.15, -0.1) is 10.2 Å². The van der Waals surface area contributed by atoms with Crippen molar-refractivity contribution in [3.05, 3.63) is 59.2 Å². The van der Waals surface area contributed by atoms with E-state index >= 15 is 0 Å². The number of hydrogen-bond acceptors (Lipinski definition) is 5. The van der Waals surface area contributed by atoms with Gasteiger partial charge < -0.3 is 14.0 Å². The summed E-state index contributed by atoms with van der Waals surface area (Å²) in [6.45, 7) is 2.89. The fourth-order valence-corrected chi connectivity index (χ4v) is 4.61. The van der Waals surface area contributed by atoms with E-state index in [0.717, 1.165) is 51.0 Å². The van der Waals surface area contributed by atoms with Crippen molar-refractivity contribution in [2.45, 2.75) is 25.7 Å². The summed E-state index contributed by atoms with van der Waals surface area (Å²) in [6.07, 6.45) is 4.70. The molecule has 1 aromatic carbocycles. The molecular weight excluding hydrogens is 385 g/mol. The molecule has 0 N–H and O–H groups in total. The average molecular weight is 405 g/mol. The monoisotopic (exact) mass is 405 g/mol. The molecule has 0 radical (unpaired) electrons. The first-order valence-corrected chi connectivity index (χ1v) is 10.0. The van der Waals surface area contributed by atoms with Gasteiger partial charge in [-0.25, -0.2) is 9.37 Å². The first-order valence-electron chi connectivity index (χ1n) is 10.0. The smallest absolute Gasteiger partial charge is 0.170 e. The first-order chi connectivity index (χ1) is 14.6. The van der Waals surface area contributed by atoms with Gasteiger partial charge in [-0.1, -0.05) is 0 Å². The SMILES string of the molecule is Cc1ncc(-c2cc3c(n4cnnc24)CCc2c(F)ccc4c2[C@H](CO4)CO3)n1C. The summed E-state index contributed by atoms with van der Waals surface area (Å²) < 4.78 is 30.8. The molecule has 3 aromatic heterocycles. The Balaban J connectivity index is 1.53. The van der Waals surface area contributed by atoms with Crippen molar-refractivity contribution in [2.75, 3.05) is 13.2 Å². The van der Waals surface area contributed by atoms with Crippen LogP contribution in [0.4, 0.5) is 4.39 Å². The largest absolute Gasteiger partial charge is 0.493 e. The van der Waals surface area contributed by atoms with E-state index in [0.29, 0.717) is 26.1 Å². The van der Waals surface area contributed by atoms with Crippen LogP contribution in [-0.4, -0.2) is 37.4 Å². The zero-order chi connectivity index (χ0) is 20.4. The van der Waals surface area contributed by atoms with Gasteiger partial charge in [0.15, 0.2) is 5.65 Å². The highest BCUT2D eigenvalue weighted by Crippen LogP contribution is 2.41. The lowest BCUT2D eigenvalue weighted by molar-refractivity contribution is 0.246. The van der Waals surface area contributed by atoms with Crippen molar-refractivity contribution in [1.82, 2.24) is 24.1 Å². The van der Waals surface area contributed by atoms with Gasteiger partial charge >= 0.3 is 0 Å². The highest BCUT2D eigenvalue weighted by Gasteiger charge is 2.31. The number of imidazole rings is 1. The number of benzene rings is 1. The summed E-state index contributed by atoms with van der Waals surface area (Å²) in [7, 11) is 1.98. The van der Waals surface area contributed by atoms with Crippen molar-refractivity contribution < 1.29 is 13.9 Å². The Bertz CT molecular complexity index is 1310. The number of nitrogens with zero attached hydrogens (tertiary/aromatic N) is 5. The van der Waals surface area contributed by atoms with Gasteiger partial charge in [0.25, 0.3) is 0 Å². The van der Waals surface area contributed by atoms with Crippen LogP contribution in [0.5, 0.6) is 11.5 Å². The number of hydrogen-bond donors (Lipinski definition) is 0.